The third-order valence-corrected chi connectivity index (χ3v) is 6.57. The molecule has 5 rings (SSSR count). The number of para-hydroxylation sites is 1. The van der Waals surface area contributed by atoms with Crippen molar-refractivity contribution in [3.63, 3.8) is 0 Å². The minimum atomic E-state index is 0.0480. The van der Waals surface area contributed by atoms with Crippen molar-refractivity contribution in [2.45, 2.75) is 34.2 Å². The number of carbonyl (C=O) groups excluding carboxylic acids is 1. The van der Waals surface area contributed by atoms with E-state index < -0.39 is 0 Å². The van der Waals surface area contributed by atoms with Gasteiger partial charge in [0.15, 0.2) is 0 Å². The molecule has 1 aliphatic rings. The van der Waals surface area contributed by atoms with Crippen molar-refractivity contribution < 1.29 is 4.79 Å². The Morgan fingerprint density at radius 1 is 0.861 bits per heavy atom. The van der Waals surface area contributed by atoms with Gasteiger partial charge in [-0.05, 0) is 51.5 Å². The molecule has 7 heteroatoms. The lowest BCUT2D eigenvalue weighted by molar-refractivity contribution is 0.0773. The highest BCUT2D eigenvalue weighted by atomic mass is 16.2. The number of fused-ring (bicyclic) bond motifs is 3. The van der Waals surface area contributed by atoms with Gasteiger partial charge in [-0.3, -0.25) is 9.36 Å². The predicted octanol–water partition coefficient (Wildman–Crippen LogP) is 5.14. The van der Waals surface area contributed by atoms with Crippen LogP contribution in [0.1, 0.15) is 52.3 Å². The largest absolute Gasteiger partial charge is 0.339 e. The molecular weight excluding hydrogens is 448 g/mol. The number of aromatic nitrogens is 3. The molecule has 3 aromatic carbocycles. The van der Waals surface area contributed by atoms with Gasteiger partial charge in [0, 0.05) is 29.8 Å². The number of rotatable bonds is 6. The highest BCUT2D eigenvalue weighted by Crippen LogP contribution is 2.30. The second kappa shape index (κ2) is 9.77. The molecule has 0 N–H and O–H groups in total. The van der Waals surface area contributed by atoms with Crippen LogP contribution in [0.5, 0.6) is 0 Å². The second-order valence-electron chi connectivity index (χ2n) is 8.95. The molecule has 1 aromatic heterocycles. The molecule has 0 atom stereocenters. The Morgan fingerprint density at radius 3 is 2.25 bits per heavy atom. The average Bonchev–Trinajstić information content (AvgIpc) is 3.22. The Labute approximate surface area is 211 Å². The SMILES string of the molecule is CCN(CC)C(=O)c1ccc(CN2N=C(c3ccc(C)cc3)c3ccccc3-n3c(C)nnc32)cc1. The van der Waals surface area contributed by atoms with E-state index in [4.69, 9.17) is 5.10 Å². The van der Waals surface area contributed by atoms with E-state index in [-0.39, 0.29) is 5.91 Å². The molecule has 182 valence electrons. The minimum absolute atomic E-state index is 0.0480. The lowest BCUT2D eigenvalue weighted by atomic mass is 9.99. The van der Waals surface area contributed by atoms with Gasteiger partial charge in [-0.1, -0.05) is 60.2 Å². The van der Waals surface area contributed by atoms with Crippen molar-refractivity contribution in [3.05, 3.63) is 106 Å². The Bertz CT molecular complexity index is 1420. The van der Waals surface area contributed by atoms with Crippen LogP contribution in [0.25, 0.3) is 5.69 Å². The van der Waals surface area contributed by atoms with E-state index in [1.54, 1.807) is 0 Å². The fourth-order valence-electron chi connectivity index (χ4n) is 4.54. The first-order chi connectivity index (χ1) is 17.5. The number of aryl methyl sites for hydroxylation is 2. The standard InChI is InChI=1S/C29H30N6O/c1-5-33(6-2)28(36)24-17-13-22(14-18-24)19-34-29-31-30-21(4)35(29)26-10-8-7-9-25(26)27(32-34)23-15-11-20(3)12-16-23/h7-18H,5-6,19H2,1-4H3. The van der Waals surface area contributed by atoms with Crippen LogP contribution in [0.4, 0.5) is 5.95 Å². The van der Waals surface area contributed by atoms with Crippen LogP contribution in [0.15, 0.2) is 77.9 Å². The van der Waals surface area contributed by atoms with Crippen LogP contribution in [0.3, 0.4) is 0 Å². The lowest BCUT2D eigenvalue weighted by Crippen LogP contribution is -2.30. The number of carbonyl (C=O) groups is 1. The number of hydrogen-bond donors (Lipinski definition) is 0. The third kappa shape index (κ3) is 4.28. The first-order valence-electron chi connectivity index (χ1n) is 12.3. The summed E-state index contributed by atoms with van der Waals surface area (Å²) < 4.78 is 2.05. The van der Waals surface area contributed by atoms with E-state index in [0.717, 1.165) is 33.9 Å². The molecule has 1 amide bonds. The van der Waals surface area contributed by atoms with Crippen molar-refractivity contribution in [3.8, 4) is 5.69 Å². The van der Waals surface area contributed by atoms with Gasteiger partial charge < -0.3 is 4.90 Å². The van der Waals surface area contributed by atoms with Gasteiger partial charge in [0.2, 0.25) is 0 Å². The molecule has 1 aliphatic heterocycles. The molecule has 2 heterocycles. The van der Waals surface area contributed by atoms with Crippen LogP contribution in [0.2, 0.25) is 0 Å². The molecule has 0 saturated heterocycles. The van der Waals surface area contributed by atoms with Gasteiger partial charge in [-0.2, -0.15) is 5.10 Å². The maximum atomic E-state index is 12.7. The van der Waals surface area contributed by atoms with Crippen LogP contribution in [0, 0.1) is 13.8 Å². The van der Waals surface area contributed by atoms with Crippen LogP contribution in [-0.2, 0) is 6.54 Å². The zero-order valence-corrected chi connectivity index (χ0v) is 21.1. The topological polar surface area (TPSA) is 66.6 Å². The Morgan fingerprint density at radius 2 is 1.56 bits per heavy atom. The first-order valence-corrected chi connectivity index (χ1v) is 12.3. The Hall–Kier alpha value is -4.26. The van der Waals surface area contributed by atoms with Crippen molar-refractivity contribution in [2.24, 2.45) is 5.10 Å². The van der Waals surface area contributed by atoms with Crippen LogP contribution >= 0.6 is 0 Å². The molecule has 0 radical (unpaired) electrons. The zero-order valence-electron chi connectivity index (χ0n) is 21.1. The number of amides is 1. The van der Waals surface area contributed by atoms with Crippen molar-refractivity contribution in [1.29, 1.82) is 0 Å². The monoisotopic (exact) mass is 478 g/mol. The molecule has 0 unspecified atom stereocenters. The molecule has 0 saturated carbocycles. The summed E-state index contributed by atoms with van der Waals surface area (Å²) >= 11 is 0. The van der Waals surface area contributed by atoms with E-state index in [9.17, 15) is 4.79 Å². The second-order valence-corrected chi connectivity index (χ2v) is 8.95. The van der Waals surface area contributed by atoms with Crippen LogP contribution < -0.4 is 5.01 Å². The van der Waals surface area contributed by atoms with E-state index in [1.165, 1.54) is 5.56 Å². The Kier molecular flexibility index (Phi) is 6.38. The average molecular weight is 479 g/mol. The van der Waals surface area contributed by atoms with E-state index in [2.05, 4.69) is 58.1 Å². The number of hydrazone groups is 1. The fourth-order valence-corrected chi connectivity index (χ4v) is 4.54. The van der Waals surface area contributed by atoms with Crippen molar-refractivity contribution in [2.75, 3.05) is 18.1 Å². The molecule has 0 bridgehead atoms. The number of nitrogens with zero attached hydrogens (tertiary/aromatic N) is 6. The first kappa shape index (κ1) is 23.5. The van der Waals surface area contributed by atoms with Gasteiger partial charge in [0.1, 0.15) is 11.5 Å². The van der Waals surface area contributed by atoms with E-state index in [0.29, 0.717) is 31.1 Å². The zero-order chi connectivity index (χ0) is 25.2. The maximum Gasteiger partial charge on any atom is 0.253 e. The molecule has 0 spiro atoms. The molecule has 7 nitrogen and oxygen atoms in total. The Balaban J connectivity index is 1.57. The number of anilines is 1. The summed E-state index contributed by atoms with van der Waals surface area (Å²) in [6.45, 7) is 9.90. The minimum Gasteiger partial charge on any atom is -0.339 e. The van der Waals surface area contributed by atoms with Crippen molar-refractivity contribution in [1.82, 2.24) is 19.7 Å². The van der Waals surface area contributed by atoms with E-state index in [1.807, 2.05) is 67.1 Å². The quantitative estimate of drug-likeness (QED) is 0.385. The summed E-state index contributed by atoms with van der Waals surface area (Å²) in [6.07, 6.45) is 0. The summed E-state index contributed by atoms with van der Waals surface area (Å²) in [5.74, 6) is 1.50. The lowest BCUT2D eigenvalue weighted by Gasteiger charge is -2.20. The van der Waals surface area contributed by atoms with Crippen LogP contribution in [-0.4, -0.2) is 44.4 Å². The van der Waals surface area contributed by atoms with Gasteiger partial charge >= 0.3 is 0 Å². The van der Waals surface area contributed by atoms with Crippen molar-refractivity contribution >= 4 is 17.6 Å². The van der Waals surface area contributed by atoms with Gasteiger partial charge in [0.25, 0.3) is 11.9 Å². The highest BCUT2D eigenvalue weighted by molar-refractivity contribution is 6.15. The number of benzene rings is 3. The molecule has 4 aromatic rings. The summed E-state index contributed by atoms with van der Waals surface area (Å²) in [6, 6.07) is 24.4. The summed E-state index contributed by atoms with van der Waals surface area (Å²) in [7, 11) is 0. The molecule has 0 fully saturated rings. The number of hydrogen-bond acceptors (Lipinski definition) is 5. The van der Waals surface area contributed by atoms with Gasteiger partial charge in [-0.15, -0.1) is 10.2 Å². The molecule has 0 aliphatic carbocycles. The third-order valence-electron chi connectivity index (χ3n) is 6.57. The molecule has 36 heavy (non-hydrogen) atoms. The maximum absolute atomic E-state index is 12.7. The van der Waals surface area contributed by atoms with Gasteiger partial charge in [-0.25, -0.2) is 5.01 Å². The predicted molar refractivity (Wildman–Crippen MR) is 143 cm³/mol. The summed E-state index contributed by atoms with van der Waals surface area (Å²) in [5.41, 5.74) is 6.85. The van der Waals surface area contributed by atoms with E-state index >= 15 is 0 Å². The normalized spacial score (nSPS) is 12.4. The summed E-state index contributed by atoms with van der Waals surface area (Å²) in [4.78, 5) is 14.6. The van der Waals surface area contributed by atoms with Gasteiger partial charge in [0.05, 0.1) is 12.2 Å². The smallest absolute Gasteiger partial charge is 0.253 e. The highest BCUT2D eigenvalue weighted by Gasteiger charge is 2.26. The fraction of sp³-hybridized carbons (Fsp3) is 0.241. The summed E-state index contributed by atoms with van der Waals surface area (Å²) in [5, 5.41) is 15.9. The molecular formula is C29H30N6O.